The van der Waals surface area contributed by atoms with Gasteiger partial charge in [0.25, 0.3) is 0 Å². The zero-order valence-electron chi connectivity index (χ0n) is 11.8. The van der Waals surface area contributed by atoms with Gasteiger partial charge in [0, 0.05) is 18.3 Å². The largest absolute Gasteiger partial charge is 0.273 e. The van der Waals surface area contributed by atoms with Crippen LogP contribution < -0.4 is 11.3 Å². The van der Waals surface area contributed by atoms with Gasteiger partial charge in [-0.15, -0.1) is 0 Å². The number of nitrogens with zero attached hydrogens (tertiary/aromatic N) is 2. The van der Waals surface area contributed by atoms with Crippen molar-refractivity contribution in [2.45, 2.75) is 39.3 Å². The molecule has 0 aliphatic carbocycles. The number of benzene rings is 1. The molecule has 0 radical (unpaired) electrons. The topological polar surface area (TPSA) is 55.9 Å². The van der Waals surface area contributed by atoms with Crippen LogP contribution in [0.15, 0.2) is 36.7 Å². The molecule has 2 aromatic rings. The molecular weight excluding hydrogens is 236 g/mol. The number of rotatable bonds is 5. The second-order valence-corrected chi connectivity index (χ2v) is 5.05. The first-order valence-electron chi connectivity index (χ1n) is 6.74. The van der Waals surface area contributed by atoms with E-state index >= 15 is 0 Å². The molecule has 0 aliphatic heterocycles. The van der Waals surface area contributed by atoms with Gasteiger partial charge in [-0.2, -0.15) is 5.10 Å². The van der Waals surface area contributed by atoms with Crippen LogP contribution in [0.2, 0.25) is 0 Å². The Morgan fingerprint density at radius 1 is 1.16 bits per heavy atom. The summed E-state index contributed by atoms with van der Waals surface area (Å²) >= 11 is 0. The normalized spacial score (nSPS) is 12.9. The van der Waals surface area contributed by atoms with Crippen molar-refractivity contribution >= 4 is 0 Å². The minimum Gasteiger partial charge on any atom is -0.273 e. The van der Waals surface area contributed by atoms with Crippen LogP contribution in [0.5, 0.6) is 0 Å². The SMILES string of the molecule is CCn1cc(C(NN)c2ccc(C(C)C)cc2)cn1. The predicted octanol–water partition coefficient (Wildman–Crippen LogP) is 2.58. The van der Waals surface area contributed by atoms with Crippen LogP contribution in [0.4, 0.5) is 0 Å². The van der Waals surface area contributed by atoms with Crippen molar-refractivity contribution in [2.24, 2.45) is 5.84 Å². The van der Waals surface area contributed by atoms with Gasteiger partial charge in [-0.1, -0.05) is 38.1 Å². The summed E-state index contributed by atoms with van der Waals surface area (Å²) in [6.45, 7) is 7.32. The van der Waals surface area contributed by atoms with Crippen molar-refractivity contribution in [3.8, 4) is 0 Å². The van der Waals surface area contributed by atoms with Crippen LogP contribution >= 0.6 is 0 Å². The van der Waals surface area contributed by atoms with Crippen LogP contribution in [-0.4, -0.2) is 9.78 Å². The predicted molar refractivity (Wildman–Crippen MR) is 77.6 cm³/mol. The van der Waals surface area contributed by atoms with Gasteiger partial charge in [0.1, 0.15) is 0 Å². The van der Waals surface area contributed by atoms with Gasteiger partial charge in [-0.05, 0) is 24.0 Å². The van der Waals surface area contributed by atoms with E-state index in [0.29, 0.717) is 5.92 Å². The molecule has 1 unspecified atom stereocenters. The van der Waals surface area contributed by atoms with Gasteiger partial charge >= 0.3 is 0 Å². The first kappa shape index (κ1) is 13.8. The number of hydrogen-bond acceptors (Lipinski definition) is 3. The second-order valence-electron chi connectivity index (χ2n) is 5.05. The van der Waals surface area contributed by atoms with E-state index in [1.807, 2.05) is 17.1 Å². The summed E-state index contributed by atoms with van der Waals surface area (Å²) in [6, 6.07) is 8.57. The van der Waals surface area contributed by atoms with Gasteiger partial charge < -0.3 is 0 Å². The molecule has 0 amide bonds. The fourth-order valence-electron chi connectivity index (χ4n) is 2.16. The van der Waals surface area contributed by atoms with E-state index in [2.05, 4.69) is 55.6 Å². The quantitative estimate of drug-likeness (QED) is 0.640. The summed E-state index contributed by atoms with van der Waals surface area (Å²) in [6.07, 6.45) is 3.89. The van der Waals surface area contributed by atoms with E-state index in [9.17, 15) is 0 Å². The molecule has 1 atom stereocenters. The lowest BCUT2D eigenvalue weighted by molar-refractivity contribution is 0.629. The van der Waals surface area contributed by atoms with Crippen LogP contribution in [0.25, 0.3) is 0 Å². The monoisotopic (exact) mass is 258 g/mol. The van der Waals surface area contributed by atoms with Crippen LogP contribution in [0.1, 0.15) is 49.4 Å². The summed E-state index contributed by atoms with van der Waals surface area (Å²) in [5.41, 5.74) is 6.44. The molecule has 4 nitrogen and oxygen atoms in total. The smallest absolute Gasteiger partial charge is 0.0740 e. The highest BCUT2D eigenvalue weighted by atomic mass is 15.3. The third-order valence-electron chi connectivity index (χ3n) is 3.41. The summed E-state index contributed by atoms with van der Waals surface area (Å²) in [7, 11) is 0. The Kier molecular flexibility index (Phi) is 4.35. The molecule has 1 heterocycles. The van der Waals surface area contributed by atoms with E-state index in [1.54, 1.807) is 0 Å². The van der Waals surface area contributed by atoms with Crippen LogP contribution in [-0.2, 0) is 6.54 Å². The Morgan fingerprint density at radius 3 is 2.26 bits per heavy atom. The van der Waals surface area contributed by atoms with Crippen molar-refractivity contribution in [1.82, 2.24) is 15.2 Å². The van der Waals surface area contributed by atoms with Gasteiger partial charge in [0.2, 0.25) is 0 Å². The van der Waals surface area contributed by atoms with Crippen LogP contribution in [0, 0.1) is 0 Å². The fraction of sp³-hybridized carbons (Fsp3) is 0.400. The Morgan fingerprint density at radius 2 is 1.79 bits per heavy atom. The zero-order chi connectivity index (χ0) is 13.8. The van der Waals surface area contributed by atoms with Crippen molar-refractivity contribution in [2.75, 3.05) is 0 Å². The Bertz CT molecular complexity index is 513. The van der Waals surface area contributed by atoms with E-state index < -0.39 is 0 Å². The Balaban J connectivity index is 2.26. The third-order valence-corrected chi connectivity index (χ3v) is 3.41. The van der Waals surface area contributed by atoms with Gasteiger partial charge in [0.15, 0.2) is 0 Å². The highest BCUT2D eigenvalue weighted by Crippen LogP contribution is 2.23. The first-order valence-corrected chi connectivity index (χ1v) is 6.74. The minimum atomic E-state index is -0.0125. The van der Waals surface area contributed by atoms with Gasteiger partial charge in [-0.3, -0.25) is 10.5 Å². The Labute approximate surface area is 114 Å². The van der Waals surface area contributed by atoms with E-state index in [1.165, 1.54) is 5.56 Å². The van der Waals surface area contributed by atoms with E-state index in [-0.39, 0.29) is 6.04 Å². The maximum atomic E-state index is 5.70. The lowest BCUT2D eigenvalue weighted by Crippen LogP contribution is -2.28. The van der Waals surface area contributed by atoms with Gasteiger partial charge in [-0.25, -0.2) is 5.43 Å². The highest BCUT2D eigenvalue weighted by molar-refractivity contribution is 5.32. The molecule has 0 spiro atoms. The molecule has 3 N–H and O–H groups in total. The van der Waals surface area contributed by atoms with Gasteiger partial charge in [0.05, 0.1) is 12.2 Å². The number of nitrogens with one attached hydrogen (secondary N) is 1. The fourth-order valence-corrected chi connectivity index (χ4v) is 2.16. The van der Waals surface area contributed by atoms with Crippen LogP contribution in [0.3, 0.4) is 0 Å². The molecule has 0 fully saturated rings. The molecule has 0 saturated carbocycles. The molecule has 2 rings (SSSR count). The molecular formula is C15H22N4. The maximum Gasteiger partial charge on any atom is 0.0740 e. The molecule has 1 aromatic carbocycles. The van der Waals surface area contributed by atoms with Crippen molar-refractivity contribution in [3.63, 3.8) is 0 Å². The van der Waals surface area contributed by atoms with Crippen molar-refractivity contribution < 1.29 is 0 Å². The molecule has 102 valence electrons. The highest BCUT2D eigenvalue weighted by Gasteiger charge is 2.14. The molecule has 0 bridgehead atoms. The van der Waals surface area contributed by atoms with Crippen molar-refractivity contribution in [1.29, 1.82) is 0 Å². The minimum absolute atomic E-state index is 0.0125. The summed E-state index contributed by atoms with van der Waals surface area (Å²) in [4.78, 5) is 0. The average molecular weight is 258 g/mol. The van der Waals surface area contributed by atoms with E-state index in [4.69, 9.17) is 5.84 Å². The number of aryl methyl sites for hydroxylation is 1. The Hall–Kier alpha value is -1.65. The third kappa shape index (κ3) is 3.03. The zero-order valence-corrected chi connectivity index (χ0v) is 11.8. The average Bonchev–Trinajstić information content (AvgIpc) is 2.89. The molecule has 19 heavy (non-hydrogen) atoms. The van der Waals surface area contributed by atoms with Crippen molar-refractivity contribution in [3.05, 3.63) is 53.3 Å². The molecule has 4 heteroatoms. The summed E-state index contributed by atoms with van der Waals surface area (Å²) < 4.78 is 1.90. The molecule has 1 aromatic heterocycles. The first-order chi connectivity index (χ1) is 9.15. The number of hydrogen-bond donors (Lipinski definition) is 2. The molecule has 0 aliphatic rings. The number of aromatic nitrogens is 2. The summed E-state index contributed by atoms with van der Waals surface area (Å²) in [5.74, 6) is 6.24. The lowest BCUT2D eigenvalue weighted by Gasteiger charge is -2.15. The standard InChI is InChI=1S/C15H22N4/c1-4-19-10-14(9-17-19)15(18-16)13-7-5-12(6-8-13)11(2)3/h5-11,15,18H,4,16H2,1-3H3. The summed E-state index contributed by atoms with van der Waals surface area (Å²) in [5, 5.41) is 4.30. The maximum absolute atomic E-state index is 5.70. The molecule has 0 saturated heterocycles. The number of hydrazine groups is 1. The second kappa shape index (κ2) is 5.99. The lowest BCUT2D eigenvalue weighted by atomic mass is 9.97. The number of nitrogens with two attached hydrogens (primary N) is 1. The van der Waals surface area contributed by atoms with E-state index in [0.717, 1.165) is 17.7 Å².